The van der Waals surface area contributed by atoms with Gasteiger partial charge in [0.2, 0.25) is 0 Å². The molecule has 3 aromatic rings. The molecular weight excluding hydrogens is 438 g/mol. The van der Waals surface area contributed by atoms with Crippen molar-refractivity contribution in [3.63, 3.8) is 0 Å². The number of hydrogen-bond acceptors (Lipinski definition) is 5. The van der Waals surface area contributed by atoms with E-state index in [1.165, 1.54) is 18.5 Å². The molecule has 0 radical (unpaired) electrons. The second-order valence-corrected chi connectivity index (χ2v) is 16.7. The van der Waals surface area contributed by atoms with Gasteiger partial charge in [0.05, 0.1) is 11.3 Å². The molecule has 1 aliphatic heterocycles. The Hall–Kier alpha value is -2.66. The van der Waals surface area contributed by atoms with Crippen LogP contribution in [0.25, 0.3) is 11.0 Å². The maximum Gasteiger partial charge on any atom is 0.143 e. The minimum absolute atomic E-state index is 0.344. The molecule has 6 nitrogen and oxygen atoms in total. The van der Waals surface area contributed by atoms with E-state index in [1.54, 1.807) is 6.20 Å². The Morgan fingerprint density at radius 1 is 1.18 bits per heavy atom. The fraction of sp³-hybridized carbons (Fsp3) is 0.481. The number of anilines is 1. The molecule has 178 valence electrons. The van der Waals surface area contributed by atoms with Crippen molar-refractivity contribution in [3.8, 4) is 6.07 Å². The van der Waals surface area contributed by atoms with E-state index in [9.17, 15) is 5.26 Å². The Labute approximate surface area is 203 Å². The van der Waals surface area contributed by atoms with E-state index in [0.29, 0.717) is 24.4 Å². The van der Waals surface area contributed by atoms with Crippen LogP contribution in [0.3, 0.4) is 0 Å². The zero-order valence-electron chi connectivity index (χ0n) is 20.5. The van der Waals surface area contributed by atoms with E-state index in [2.05, 4.69) is 77.3 Å². The van der Waals surface area contributed by atoms with E-state index in [4.69, 9.17) is 4.74 Å². The lowest BCUT2D eigenvalue weighted by atomic mass is 10.0. The van der Waals surface area contributed by atoms with Crippen LogP contribution < -0.4 is 5.32 Å². The number of ether oxygens (including phenoxy) is 1. The van der Waals surface area contributed by atoms with Crippen LogP contribution in [-0.4, -0.2) is 47.8 Å². The fourth-order valence-electron chi connectivity index (χ4n) is 5.50. The van der Waals surface area contributed by atoms with Gasteiger partial charge in [-0.1, -0.05) is 50.0 Å². The second kappa shape index (κ2) is 9.53. The van der Waals surface area contributed by atoms with Gasteiger partial charge in [-0.05, 0) is 36.4 Å². The van der Waals surface area contributed by atoms with Crippen molar-refractivity contribution in [1.82, 2.24) is 14.5 Å². The summed E-state index contributed by atoms with van der Waals surface area (Å²) in [4.78, 5) is 7.23. The van der Waals surface area contributed by atoms with E-state index in [-0.39, 0.29) is 0 Å². The minimum Gasteiger partial charge on any atom is -0.379 e. The first-order valence-electron chi connectivity index (χ1n) is 12.4. The third kappa shape index (κ3) is 4.90. The zero-order chi connectivity index (χ0) is 23.7. The molecule has 2 aliphatic rings. The smallest absolute Gasteiger partial charge is 0.143 e. The van der Waals surface area contributed by atoms with Crippen molar-refractivity contribution >= 4 is 24.8 Å². The molecule has 1 aliphatic carbocycles. The lowest BCUT2D eigenvalue weighted by Gasteiger charge is -2.34. The normalized spacial score (nSPS) is 22.4. The largest absolute Gasteiger partial charge is 0.379 e. The average molecular weight is 474 g/mol. The van der Waals surface area contributed by atoms with E-state index < -0.39 is 8.07 Å². The average Bonchev–Trinajstić information content (AvgIpc) is 3.51. The summed E-state index contributed by atoms with van der Waals surface area (Å²) in [6.07, 6.45) is 6.12. The predicted octanol–water partition coefficient (Wildman–Crippen LogP) is 5.30. The molecule has 2 bridgehead atoms. The van der Waals surface area contributed by atoms with Crippen LogP contribution >= 0.6 is 0 Å². The molecule has 0 amide bonds. The van der Waals surface area contributed by atoms with Gasteiger partial charge in [0.1, 0.15) is 18.4 Å². The number of aromatic nitrogens is 2. The minimum atomic E-state index is -1.11. The highest BCUT2D eigenvalue weighted by Crippen LogP contribution is 2.41. The third-order valence-corrected chi connectivity index (χ3v) is 8.99. The second-order valence-electron chi connectivity index (χ2n) is 11.1. The summed E-state index contributed by atoms with van der Waals surface area (Å²) < 4.78 is 8.02. The van der Waals surface area contributed by atoms with Crippen LogP contribution in [0.2, 0.25) is 25.7 Å². The molecule has 34 heavy (non-hydrogen) atoms. The van der Waals surface area contributed by atoms with Gasteiger partial charge >= 0.3 is 0 Å². The summed E-state index contributed by atoms with van der Waals surface area (Å²) in [7, 11) is -1.11. The third-order valence-electron chi connectivity index (χ3n) is 7.28. The van der Waals surface area contributed by atoms with Gasteiger partial charge < -0.3 is 14.6 Å². The lowest BCUT2D eigenvalue weighted by Crippen LogP contribution is -2.44. The molecule has 2 fully saturated rings. The van der Waals surface area contributed by atoms with Crippen molar-refractivity contribution in [2.24, 2.45) is 5.92 Å². The number of rotatable bonds is 9. The van der Waals surface area contributed by atoms with Gasteiger partial charge in [-0.25, -0.2) is 4.98 Å². The van der Waals surface area contributed by atoms with Gasteiger partial charge in [0.25, 0.3) is 0 Å². The quantitative estimate of drug-likeness (QED) is 0.338. The number of fused-ring (bicyclic) bond motifs is 3. The Bertz CT molecular complexity index is 1180. The number of pyridine rings is 1. The molecule has 0 unspecified atom stereocenters. The molecule has 1 saturated heterocycles. The Morgan fingerprint density at radius 3 is 2.74 bits per heavy atom. The summed E-state index contributed by atoms with van der Waals surface area (Å²) in [5, 5.41) is 14.6. The zero-order valence-corrected chi connectivity index (χ0v) is 21.5. The molecule has 2 aromatic heterocycles. The highest BCUT2D eigenvalue weighted by Gasteiger charge is 2.45. The van der Waals surface area contributed by atoms with Gasteiger partial charge in [-0.15, -0.1) is 0 Å². The Morgan fingerprint density at radius 2 is 2.00 bits per heavy atom. The highest BCUT2D eigenvalue weighted by molar-refractivity contribution is 6.76. The Kier molecular flexibility index (Phi) is 6.48. The van der Waals surface area contributed by atoms with Crippen LogP contribution in [-0.2, 0) is 18.0 Å². The standard InChI is InChI=1S/C27H35N5OSi/c1-34(2,3)12-11-33-19-31-10-9-23-26(22(15-28)16-29-27(23)31)30-24-13-21-14-25(24)32(18-21)17-20-7-5-4-6-8-20/h4-10,16,21,24-25H,11-14,17-19H2,1-3H3,(H,29,30)/t21-,24+,25-/m0/s1. The number of nitriles is 1. The maximum absolute atomic E-state index is 9.82. The molecule has 7 heteroatoms. The van der Waals surface area contributed by atoms with Crippen LogP contribution in [0, 0.1) is 17.2 Å². The SMILES string of the molecule is C[Si](C)(C)CCOCn1ccc2c(N[C@@H]3C[C@H]4C[C@@H]3N(Cc3ccccc3)C4)c(C#N)cnc21. The summed E-state index contributed by atoms with van der Waals surface area (Å²) in [5.74, 6) is 0.721. The van der Waals surface area contributed by atoms with Crippen LogP contribution in [0.15, 0.2) is 48.8 Å². The number of benzene rings is 1. The number of piperidine rings is 1. The predicted molar refractivity (Wildman–Crippen MR) is 139 cm³/mol. The Balaban J connectivity index is 1.32. The first kappa shape index (κ1) is 23.1. The number of likely N-dealkylation sites (tertiary alicyclic amines) is 1. The molecular formula is C27H35N5OSi. The molecule has 0 spiro atoms. The summed E-state index contributed by atoms with van der Waals surface area (Å²) in [6, 6.07) is 17.1. The number of nitrogens with one attached hydrogen (secondary N) is 1. The van der Waals surface area contributed by atoms with Crippen molar-refractivity contribution in [3.05, 3.63) is 59.9 Å². The number of nitrogens with zero attached hydrogens (tertiary/aromatic N) is 4. The van der Waals surface area contributed by atoms with Crippen LogP contribution in [0.1, 0.15) is 24.0 Å². The van der Waals surface area contributed by atoms with Crippen molar-refractivity contribution in [1.29, 1.82) is 5.26 Å². The number of hydrogen-bond donors (Lipinski definition) is 1. The van der Waals surface area contributed by atoms with Crippen molar-refractivity contribution in [2.45, 2.75) is 63.9 Å². The van der Waals surface area contributed by atoms with E-state index in [1.807, 2.05) is 10.8 Å². The molecule has 3 atom stereocenters. The first-order chi connectivity index (χ1) is 16.4. The maximum atomic E-state index is 9.82. The first-order valence-corrected chi connectivity index (χ1v) is 16.1. The molecule has 1 aromatic carbocycles. The van der Waals surface area contributed by atoms with E-state index >= 15 is 0 Å². The molecule has 1 saturated carbocycles. The molecule has 5 rings (SSSR count). The van der Waals surface area contributed by atoms with E-state index in [0.717, 1.165) is 48.3 Å². The van der Waals surface area contributed by atoms with Gasteiger partial charge in [0, 0.05) is 57.6 Å². The van der Waals surface area contributed by atoms with Gasteiger partial charge in [0.15, 0.2) is 0 Å². The van der Waals surface area contributed by atoms with Crippen LogP contribution in [0.5, 0.6) is 0 Å². The molecule has 3 heterocycles. The summed E-state index contributed by atoms with van der Waals surface area (Å²) >= 11 is 0. The molecule has 1 N–H and O–H groups in total. The topological polar surface area (TPSA) is 66.1 Å². The summed E-state index contributed by atoms with van der Waals surface area (Å²) in [5.41, 5.74) is 3.77. The van der Waals surface area contributed by atoms with Gasteiger partial charge in [-0.3, -0.25) is 4.90 Å². The van der Waals surface area contributed by atoms with Crippen molar-refractivity contribution < 1.29 is 4.74 Å². The fourth-order valence-corrected chi connectivity index (χ4v) is 6.26. The highest BCUT2D eigenvalue weighted by atomic mass is 28.3. The summed E-state index contributed by atoms with van der Waals surface area (Å²) in [6.45, 7) is 10.5. The van der Waals surface area contributed by atoms with Crippen LogP contribution in [0.4, 0.5) is 5.69 Å². The van der Waals surface area contributed by atoms with Crippen molar-refractivity contribution in [2.75, 3.05) is 18.5 Å². The monoisotopic (exact) mass is 473 g/mol. The lowest BCUT2D eigenvalue weighted by molar-refractivity contribution is 0.0899. The van der Waals surface area contributed by atoms with Gasteiger partial charge in [-0.2, -0.15) is 5.26 Å².